The minimum absolute atomic E-state index is 0.0613. The van der Waals surface area contributed by atoms with Gasteiger partial charge in [0.2, 0.25) is 0 Å². The summed E-state index contributed by atoms with van der Waals surface area (Å²) >= 11 is 0. The molecule has 6 nitrogen and oxygen atoms in total. The van der Waals surface area contributed by atoms with E-state index in [1.807, 2.05) is 0 Å². The number of fused-ring (bicyclic) bond motifs is 2. The standard InChI is InChI=1S/C13H21F2NO5S/c14-13(15,22(18,19)20)5-1-2-6-21-12(17)16-11-8-9-3-4-10(11)7-9/h9-11H,1-8H2,(H,16,17)(H,18,19,20). The molecule has 0 aliphatic heterocycles. The molecule has 3 atom stereocenters. The second-order valence-corrected chi connectivity index (χ2v) is 7.68. The van der Waals surface area contributed by atoms with E-state index in [1.54, 1.807) is 0 Å². The van der Waals surface area contributed by atoms with Crippen molar-refractivity contribution >= 4 is 16.2 Å². The normalized spacial score (nSPS) is 27.9. The van der Waals surface area contributed by atoms with Gasteiger partial charge >= 0.3 is 21.5 Å². The van der Waals surface area contributed by atoms with Gasteiger partial charge in [0.15, 0.2) is 0 Å². The number of amides is 1. The van der Waals surface area contributed by atoms with Crippen molar-refractivity contribution in [2.45, 2.75) is 56.2 Å². The number of hydrogen-bond acceptors (Lipinski definition) is 4. The zero-order valence-corrected chi connectivity index (χ0v) is 12.9. The van der Waals surface area contributed by atoms with Crippen LogP contribution in [-0.2, 0) is 14.9 Å². The van der Waals surface area contributed by atoms with E-state index in [1.165, 1.54) is 6.42 Å². The molecule has 2 saturated carbocycles. The molecule has 0 radical (unpaired) electrons. The van der Waals surface area contributed by atoms with Gasteiger partial charge in [0.05, 0.1) is 6.61 Å². The van der Waals surface area contributed by atoms with Crippen molar-refractivity contribution in [3.05, 3.63) is 0 Å². The molecule has 2 aliphatic rings. The zero-order chi connectivity index (χ0) is 16.4. The van der Waals surface area contributed by atoms with Crippen LogP contribution in [0.2, 0.25) is 0 Å². The smallest absolute Gasteiger partial charge is 0.407 e. The zero-order valence-electron chi connectivity index (χ0n) is 12.1. The number of hydrogen-bond donors (Lipinski definition) is 2. The Morgan fingerprint density at radius 1 is 1.27 bits per heavy atom. The minimum Gasteiger partial charge on any atom is -0.450 e. The second-order valence-electron chi connectivity index (χ2n) is 6.13. The molecule has 2 rings (SSSR count). The van der Waals surface area contributed by atoms with E-state index in [0.717, 1.165) is 19.3 Å². The highest BCUT2D eigenvalue weighted by atomic mass is 32.2. The third-order valence-corrected chi connectivity index (χ3v) is 5.47. The maximum absolute atomic E-state index is 12.9. The largest absolute Gasteiger partial charge is 0.450 e. The van der Waals surface area contributed by atoms with Gasteiger partial charge in [0, 0.05) is 12.5 Å². The van der Waals surface area contributed by atoms with Gasteiger partial charge in [-0.1, -0.05) is 6.42 Å². The summed E-state index contributed by atoms with van der Waals surface area (Å²) in [6, 6.07) is 0.148. The summed E-state index contributed by atoms with van der Waals surface area (Å²) in [4.78, 5) is 11.6. The van der Waals surface area contributed by atoms with Crippen LogP contribution in [0.5, 0.6) is 0 Å². The van der Waals surface area contributed by atoms with Gasteiger partial charge in [-0.25, -0.2) is 4.79 Å². The highest BCUT2D eigenvalue weighted by Crippen LogP contribution is 2.44. The molecule has 9 heteroatoms. The number of carbonyl (C=O) groups is 1. The van der Waals surface area contributed by atoms with E-state index in [9.17, 15) is 22.0 Å². The molecule has 0 saturated heterocycles. The van der Waals surface area contributed by atoms with Crippen molar-refractivity contribution in [1.82, 2.24) is 5.32 Å². The molecule has 2 aliphatic carbocycles. The van der Waals surface area contributed by atoms with Crippen LogP contribution in [0, 0.1) is 11.8 Å². The Balaban J connectivity index is 1.58. The number of nitrogens with one attached hydrogen (secondary N) is 1. The first-order valence-corrected chi connectivity index (χ1v) is 8.91. The lowest BCUT2D eigenvalue weighted by atomic mass is 9.96. The lowest BCUT2D eigenvalue weighted by Gasteiger charge is -2.22. The molecule has 1 amide bonds. The van der Waals surface area contributed by atoms with Gasteiger partial charge in [-0.15, -0.1) is 0 Å². The van der Waals surface area contributed by atoms with E-state index in [2.05, 4.69) is 5.32 Å². The fourth-order valence-electron chi connectivity index (χ4n) is 3.34. The Kier molecular flexibility index (Phi) is 5.26. The highest BCUT2D eigenvalue weighted by molar-refractivity contribution is 7.86. The van der Waals surface area contributed by atoms with Crippen LogP contribution < -0.4 is 5.32 Å². The Morgan fingerprint density at radius 2 is 2.00 bits per heavy atom. The Labute approximate surface area is 128 Å². The topological polar surface area (TPSA) is 92.7 Å². The average molecular weight is 341 g/mol. The lowest BCUT2D eigenvalue weighted by Crippen LogP contribution is -2.38. The van der Waals surface area contributed by atoms with Crippen molar-refractivity contribution in [2.24, 2.45) is 11.8 Å². The number of unbranched alkanes of at least 4 members (excludes halogenated alkanes) is 1. The summed E-state index contributed by atoms with van der Waals surface area (Å²) in [5.41, 5.74) is 0. The van der Waals surface area contributed by atoms with Crippen LogP contribution >= 0.6 is 0 Å². The monoisotopic (exact) mass is 341 g/mol. The van der Waals surface area contributed by atoms with Crippen LogP contribution in [0.15, 0.2) is 0 Å². The summed E-state index contributed by atoms with van der Waals surface area (Å²) < 4.78 is 59.8. The molecule has 0 aromatic heterocycles. The van der Waals surface area contributed by atoms with Crippen LogP contribution in [-0.4, -0.2) is 37.0 Å². The fourth-order valence-corrected chi connectivity index (χ4v) is 3.74. The van der Waals surface area contributed by atoms with E-state index >= 15 is 0 Å². The second kappa shape index (κ2) is 6.66. The fraction of sp³-hybridized carbons (Fsp3) is 0.923. The maximum Gasteiger partial charge on any atom is 0.407 e. The molecule has 0 spiro atoms. The van der Waals surface area contributed by atoms with Gasteiger partial charge in [-0.05, 0) is 43.9 Å². The Hall–Kier alpha value is -0.960. The predicted molar refractivity (Wildman–Crippen MR) is 74.1 cm³/mol. The molecular formula is C13H21F2NO5S. The van der Waals surface area contributed by atoms with Crippen LogP contribution in [0.25, 0.3) is 0 Å². The number of alkyl carbamates (subject to hydrolysis) is 1. The van der Waals surface area contributed by atoms with Gasteiger partial charge < -0.3 is 10.1 Å². The van der Waals surface area contributed by atoms with Crippen molar-refractivity contribution in [3.8, 4) is 0 Å². The molecular weight excluding hydrogens is 320 g/mol. The molecule has 2 bridgehead atoms. The molecule has 0 aromatic rings. The third kappa shape index (κ3) is 4.28. The van der Waals surface area contributed by atoms with Gasteiger partial charge in [0.25, 0.3) is 0 Å². The molecule has 3 unspecified atom stereocenters. The summed E-state index contributed by atoms with van der Waals surface area (Å²) in [5.74, 6) is 1.21. The average Bonchev–Trinajstić information content (AvgIpc) is 2.99. The number of halogens is 2. The number of carbonyl (C=O) groups excluding carboxylic acids is 1. The lowest BCUT2D eigenvalue weighted by molar-refractivity contribution is 0.0658. The van der Waals surface area contributed by atoms with Gasteiger partial charge in [0.1, 0.15) is 0 Å². The summed E-state index contributed by atoms with van der Waals surface area (Å²) in [6.45, 7) is -0.0613. The maximum atomic E-state index is 12.9. The molecule has 0 aromatic carbocycles. The molecule has 128 valence electrons. The molecule has 2 N–H and O–H groups in total. The number of alkyl halides is 2. The third-order valence-electron chi connectivity index (χ3n) is 4.51. The van der Waals surface area contributed by atoms with E-state index < -0.39 is 27.9 Å². The Bertz CT molecular complexity index is 511. The first kappa shape index (κ1) is 17.4. The Morgan fingerprint density at radius 3 is 2.55 bits per heavy atom. The summed E-state index contributed by atoms with van der Waals surface area (Å²) in [5, 5.41) is -1.36. The van der Waals surface area contributed by atoms with E-state index in [-0.39, 0.29) is 25.5 Å². The highest BCUT2D eigenvalue weighted by Gasteiger charge is 2.43. The van der Waals surface area contributed by atoms with Crippen molar-refractivity contribution in [2.75, 3.05) is 6.61 Å². The van der Waals surface area contributed by atoms with Crippen LogP contribution in [0.1, 0.15) is 44.9 Å². The van der Waals surface area contributed by atoms with Crippen molar-refractivity contribution in [3.63, 3.8) is 0 Å². The first-order chi connectivity index (χ1) is 10.2. The van der Waals surface area contributed by atoms with Gasteiger partial charge in [-0.3, -0.25) is 4.55 Å². The molecule has 2 fully saturated rings. The molecule has 22 heavy (non-hydrogen) atoms. The quantitative estimate of drug-likeness (QED) is 0.548. The first-order valence-electron chi connectivity index (χ1n) is 7.47. The predicted octanol–water partition coefficient (Wildman–Crippen LogP) is 2.55. The van der Waals surface area contributed by atoms with Crippen molar-refractivity contribution < 1.29 is 31.3 Å². The number of ether oxygens (including phenoxy) is 1. The van der Waals surface area contributed by atoms with E-state index in [4.69, 9.17) is 9.29 Å². The SMILES string of the molecule is O=C(NC1CC2CCC1C2)OCCCCC(F)(F)S(=O)(=O)O. The minimum atomic E-state index is -5.38. The number of rotatable bonds is 7. The van der Waals surface area contributed by atoms with Crippen LogP contribution in [0.4, 0.5) is 13.6 Å². The van der Waals surface area contributed by atoms with E-state index in [0.29, 0.717) is 11.8 Å². The molecule has 0 heterocycles. The van der Waals surface area contributed by atoms with Gasteiger partial charge in [-0.2, -0.15) is 17.2 Å². The van der Waals surface area contributed by atoms with Crippen molar-refractivity contribution in [1.29, 1.82) is 0 Å². The van der Waals surface area contributed by atoms with Crippen LogP contribution in [0.3, 0.4) is 0 Å². The summed E-state index contributed by atoms with van der Waals surface area (Å²) in [7, 11) is -5.38. The summed E-state index contributed by atoms with van der Waals surface area (Å²) in [6.07, 6.45) is 2.85.